The highest BCUT2D eigenvalue weighted by molar-refractivity contribution is 7.07. The number of nitro groups is 1. The highest BCUT2D eigenvalue weighted by Gasteiger charge is 2.30. The standard InChI is InChI=1S/C30H40N4O4S.C6H6N2O2/c1-30(2,3)38-29(36)33-14-8-22(9-15-33)12-18-37-27(35)24-10-16-32(17-11-24)28-31-25-6-4-5-7-26(25)34(28)20-23-13-19-39-21-23;7-5-3-1-2-4-6(5)8(9)10/h4-7,13,19,21-22,24H,8-12,14-18,20H2,1-3H3;1-4H,7H2. The number of nitrogens with two attached hydrogens (primary N) is 1. The zero-order chi connectivity index (χ0) is 35.0. The fraction of sp³-hybridized carbons (Fsp3) is 0.472. The number of thiophene rings is 1. The summed E-state index contributed by atoms with van der Waals surface area (Å²) in [6.07, 6.45) is 3.99. The lowest BCUT2D eigenvalue weighted by atomic mass is 9.94. The summed E-state index contributed by atoms with van der Waals surface area (Å²) in [5.74, 6) is 1.30. The van der Waals surface area contributed by atoms with Crippen molar-refractivity contribution < 1.29 is 24.0 Å². The molecule has 0 radical (unpaired) electrons. The van der Waals surface area contributed by atoms with Crippen LogP contribution in [0.15, 0.2) is 65.4 Å². The number of nitrogens with zero attached hydrogens (tertiary/aromatic N) is 5. The van der Waals surface area contributed by atoms with E-state index in [4.69, 9.17) is 20.2 Å². The van der Waals surface area contributed by atoms with Crippen molar-refractivity contribution in [2.24, 2.45) is 11.8 Å². The maximum absolute atomic E-state index is 12.8. The second kappa shape index (κ2) is 16.2. The molecule has 0 spiro atoms. The summed E-state index contributed by atoms with van der Waals surface area (Å²) in [6.45, 7) is 9.87. The van der Waals surface area contributed by atoms with E-state index in [1.807, 2.05) is 26.8 Å². The van der Waals surface area contributed by atoms with Crippen LogP contribution < -0.4 is 10.6 Å². The van der Waals surface area contributed by atoms with Gasteiger partial charge in [0, 0.05) is 32.2 Å². The number of imidazole rings is 1. The van der Waals surface area contributed by atoms with Gasteiger partial charge in [-0.15, -0.1) is 0 Å². The Kier molecular flexibility index (Phi) is 11.8. The lowest BCUT2D eigenvalue weighted by molar-refractivity contribution is -0.383. The van der Waals surface area contributed by atoms with Crippen molar-refractivity contribution in [3.05, 3.63) is 81.0 Å². The summed E-state index contributed by atoms with van der Waals surface area (Å²) in [5, 5.41) is 14.4. The third kappa shape index (κ3) is 9.71. The normalized spacial score (nSPS) is 15.8. The fourth-order valence-corrected chi connectivity index (χ4v) is 6.83. The van der Waals surface area contributed by atoms with Crippen molar-refractivity contribution in [3.8, 4) is 0 Å². The number of piperidine rings is 2. The number of para-hydroxylation sites is 4. The summed E-state index contributed by atoms with van der Waals surface area (Å²) >= 11 is 1.71. The van der Waals surface area contributed by atoms with Gasteiger partial charge in [0.15, 0.2) is 0 Å². The molecule has 6 rings (SSSR count). The number of hydrogen-bond donors (Lipinski definition) is 1. The van der Waals surface area contributed by atoms with Gasteiger partial charge in [-0.2, -0.15) is 11.3 Å². The quantitative estimate of drug-likeness (QED) is 0.0884. The molecule has 2 N–H and O–H groups in total. The number of rotatable bonds is 8. The Bertz CT molecular complexity index is 1700. The van der Waals surface area contributed by atoms with Gasteiger partial charge in [-0.1, -0.05) is 24.3 Å². The van der Waals surface area contributed by atoms with E-state index in [2.05, 4.69) is 44.5 Å². The lowest BCUT2D eigenvalue weighted by Crippen LogP contribution is -2.42. The SMILES string of the molecule is CC(C)(C)OC(=O)N1CCC(CCOC(=O)C2CCN(c3nc4ccccc4n3Cc3ccsc3)CC2)CC1.Nc1ccccc1[N+](=O)[O-]. The molecule has 0 saturated carbocycles. The Hall–Kier alpha value is -4.65. The first-order chi connectivity index (χ1) is 23.5. The molecule has 2 aliphatic heterocycles. The number of nitrogen functional groups attached to an aromatic ring is 1. The maximum atomic E-state index is 12.8. The number of aromatic nitrogens is 2. The van der Waals surface area contributed by atoms with E-state index in [0.29, 0.717) is 25.6 Å². The van der Waals surface area contributed by atoms with Gasteiger partial charge < -0.3 is 29.6 Å². The molecule has 2 fully saturated rings. The monoisotopic (exact) mass is 690 g/mol. The molecule has 2 aliphatic rings. The second-order valence-electron chi connectivity index (χ2n) is 13.6. The van der Waals surface area contributed by atoms with Crippen LogP contribution in [0.5, 0.6) is 0 Å². The zero-order valence-electron chi connectivity index (χ0n) is 28.5. The van der Waals surface area contributed by atoms with Gasteiger partial charge in [0.1, 0.15) is 11.3 Å². The first-order valence-electron chi connectivity index (χ1n) is 16.8. The minimum atomic E-state index is -0.505. The first-order valence-corrected chi connectivity index (χ1v) is 17.8. The molecule has 2 aromatic carbocycles. The van der Waals surface area contributed by atoms with Crippen molar-refractivity contribution in [1.82, 2.24) is 14.5 Å². The third-order valence-electron chi connectivity index (χ3n) is 8.84. The number of fused-ring (bicyclic) bond motifs is 1. The van der Waals surface area contributed by atoms with Crippen LogP contribution in [0.3, 0.4) is 0 Å². The van der Waals surface area contributed by atoms with E-state index in [9.17, 15) is 19.7 Å². The van der Waals surface area contributed by atoms with Crippen LogP contribution in [0.1, 0.15) is 58.4 Å². The predicted molar refractivity (Wildman–Crippen MR) is 192 cm³/mol. The van der Waals surface area contributed by atoms with E-state index in [1.54, 1.807) is 28.4 Å². The van der Waals surface area contributed by atoms with Crippen LogP contribution >= 0.6 is 11.3 Å². The van der Waals surface area contributed by atoms with Gasteiger partial charge >= 0.3 is 12.1 Å². The van der Waals surface area contributed by atoms with Gasteiger partial charge in [-0.25, -0.2) is 9.78 Å². The van der Waals surface area contributed by atoms with Crippen molar-refractivity contribution in [2.75, 3.05) is 43.4 Å². The molecule has 2 aromatic heterocycles. The Balaban J connectivity index is 0.000000402. The molecule has 4 aromatic rings. The van der Waals surface area contributed by atoms with E-state index >= 15 is 0 Å². The number of nitro benzene ring substituents is 1. The number of ether oxygens (including phenoxy) is 2. The second-order valence-corrected chi connectivity index (χ2v) is 14.3. The molecular weight excluding hydrogens is 644 g/mol. The molecule has 0 aliphatic carbocycles. The zero-order valence-corrected chi connectivity index (χ0v) is 29.3. The van der Waals surface area contributed by atoms with Gasteiger partial charge in [0.05, 0.1) is 35.0 Å². The van der Waals surface area contributed by atoms with Gasteiger partial charge in [-0.05, 0) is 99.4 Å². The number of likely N-dealkylation sites (tertiary alicyclic amines) is 1. The van der Waals surface area contributed by atoms with Crippen molar-refractivity contribution in [3.63, 3.8) is 0 Å². The van der Waals surface area contributed by atoms with E-state index in [0.717, 1.165) is 68.7 Å². The van der Waals surface area contributed by atoms with Crippen LogP contribution in [0.25, 0.3) is 11.0 Å². The average molecular weight is 691 g/mol. The Morgan fingerprint density at radius 2 is 1.69 bits per heavy atom. The summed E-state index contributed by atoms with van der Waals surface area (Å²) in [7, 11) is 0. The molecular formula is C36H46N6O6S. The van der Waals surface area contributed by atoms with Gasteiger partial charge in [0.2, 0.25) is 5.95 Å². The molecule has 49 heavy (non-hydrogen) atoms. The fourth-order valence-electron chi connectivity index (χ4n) is 6.17. The van der Waals surface area contributed by atoms with Crippen LogP contribution in [-0.4, -0.2) is 69.8 Å². The van der Waals surface area contributed by atoms with E-state index < -0.39 is 10.5 Å². The van der Waals surface area contributed by atoms with Crippen LogP contribution in [0, 0.1) is 22.0 Å². The number of hydrogen-bond acceptors (Lipinski definition) is 10. The minimum Gasteiger partial charge on any atom is -0.465 e. The number of benzene rings is 2. The third-order valence-corrected chi connectivity index (χ3v) is 9.57. The number of carbonyl (C=O) groups excluding carboxylic acids is 2. The molecule has 1 amide bonds. The van der Waals surface area contributed by atoms with E-state index in [1.165, 1.54) is 17.7 Å². The number of esters is 1. The van der Waals surface area contributed by atoms with Gasteiger partial charge in [-0.3, -0.25) is 14.9 Å². The molecule has 2 saturated heterocycles. The largest absolute Gasteiger partial charge is 0.465 e. The number of carbonyl (C=O) groups is 2. The summed E-state index contributed by atoms with van der Waals surface area (Å²) in [6, 6.07) is 16.5. The number of anilines is 2. The topological polar surface area (TPSA) is 146 Å². The number of amides is 1. The van der Waals surface area contributed by atoms with Crippen molar-refractivity contribution in [2.45, 2.75) is 65.0 Å². The smallest absolute Gasteiger partial charge is 0.410 e. The van der Waals surface area contributed by atoms with Crippen LogP contribution in [0.2, 0.25) is 0 Å². The molecule has 262 valence electrons. The molecule has 4 heterocycles. The van der Waals surface area contributed by atoms with Crippen LogP contribution in [0.4, 0.5) is 22.1 Å². The average Bonchev–Trinajstić information content (AvgIpc) is 3.73. The van der Waals surface area contributed by atoms with E-state index in [-0.39, 0.29) is 29.4 Å². The maximum Gasteiger partial charge on any atom is 0.410 e. The predicted octanol–water partition coefficient (Wildman–Crippen LogP) is 7.12. The van der Waals surface area contributed by atoms with Crippen molar-refractivity contribution >= 4 is 51.8 Å². The summed E-state index contributed by atoms with van der Waals surface area (Å²) in [5.41, 5.74) is 8.38. The van der Waals surface area contributed by atoms with Gasteiger partial charge in [0.25, 0.3) is 5.69 Å². The molecule has 0 bridgehead atoms. The summed E-state index contributed by atoms with van der Waals surface area (Å²) in [4.78, 5) is 43.8. The Morgan fingerprint density at radius 3 is 2.33 bits per heavy atom. The lowest BCUT2D eigenvalue weighted by Gasteiger charge is -2.33. The molecule has 13 heteroatoms. The highest BCUT2D eigenvalue weighted by atomic mass is 32.1. The Labute approximate surface area is 290 Å². The molecule has 0 unspecified atom stereocenters. The Morgan fingerprint density at radius 1 is 1.00 bits per heavy atom. The summed E-state index contributed by atoms with van der Waals surface area (Å²) < 4.78 is 13.5. The van der Waals surface area contributed by atoms with Crippen LogP contribution in [-0.2, 0) is 20.8 Å². The molecule has 12 nitrogen and oxygen atoms in total. The minimum absolute atomic E-state index is 0.0394. The van der Waals surface area contributed by atoms with Crippen molar-refractivity contribution in [1.29, 1.82) is 0 Å². The molecule has 0 atom stereocenters. The first kappa shape index (κ1) is 35.7. The highest BCUT2D eigenvalue weighted by Crippen LogP contribution is 2.29.